The lowest BCUT2D eigenvalue weighted by atomic mass is 9.64. The average molecular weight is 341 g/mol. The van der Waals surface area contributed by atoms with Gasteiger partial charge < -0.3 is 4.57 Å². The summed E-state index contributed by atoms with van der Waals surface area (Å²) in [5.41, 5.74) is 5.96. The fraction of sp³-hybridized carbons (Fsp3) is 0.360. The molecule has 2 unspecified atom stereocenters. The van der Waals surface area contributed by atoms with E-state index < -0.39 is 0 Å². The zero-order valence-corrected chi connectivity index (χ0v) is 15.9. The summed E-state index contributed by atoms with van der Waals surface area (Å²) in [5, 5.41) is 1.44. The number of allylic oxidation sites excluding steroid dienone is 2. The van der Waals surface area contributed by atoms with Gasteiger partial charge in [0, 0.05) is 35.0 Å². The molecule has 2 atom stereocenters. The van der Waals surface area contributed by atoms with Gasteiger partial charge in [0.05, 0.1) is 0 Å². The van der Waals surface area contributed by atoms with Crippen LogP contribution in [0.25, 0.3) is 10.9 Å². The fourth-order valence-electron chi connectivity index (χ4n) is 5.27. The van der Waals surface area contributed by atoms with Crippen molar-refractivity contribution in [1.82, 2.24) is 4.57 Å². The first-order valence-corrected chi connectivity index (χ1v) is 9.97. The number of fused-ring (bicyclic) bond motifs is 3. The monoisotopic (exact) mass is 341 g/mol. The molecule has 0 N–H and O–H groups in total. The molecule has 1 aromatic heterocycles. The van der Waals surface area contributed by atoms with Crippen LogP contribution in [0.4, 0.5) is 0 Å². The zero-order chi connectivity index (χ0) is 17.9. The molecule has 1 fully saturated rings. The molecule has 1 nitrogen and oxygen atoms in total. The third-order valence-corrected chi connectivity index (χ3v) is 6.64. The molecule has 0 bridgehead atoms. The standard InChI is InChI=1S/C25H27N/c1-17(2)20-15-16-25(19-13-14-19,18-9-5-4-6-10-18)23-21-11-7-8-12-22(21)26(3)24(20)23/h4-12,15-17,19-20H,13-14H2,1-3H3. The third-order valence-electron chi connectivity index (χ3n) is 6.64. The number of nitrogens with zero attached hydrogens (tertiary/aromatic N) is 1. The first-order valence-electron chi connectivity index (χ1n) is 9.97. The number of aromatic nitrogens is 1. The Kier molecular flexibility index (Phi) is 3.44. The summed E-state index contributed by atoms with van der Waals surface area (Å²) in [4.78, 5) is 0. The number of aryl methyl sites for hydroxylation is 1. The summed E-state index contributed by atoms with van der Waals surface area (Å²) in [6.45, 7) is 4.70. The minimum Gasteiger partial charge on any atom is -0.347 e. The average Bonchev–Trinajstić information content (AvgIpc) is 3.48. The lowest BCUT2D eigenvalue weighted by Crippen LogP contribution is -2.33. The van der Waals surface area contributed by atoms with E-state index in [2.05, 4.69) is 92.2 Å². The summed E-state index contributed by atoms with van der Waals surface area (Å²) in [5.74, 6) is 1.80. The molecule has 0 radical (unpaired) electrons. The van der Waals surface area contributed by atoms with E-state index in [-0.39, 0.29) is 5.41 Å². The first-order chi connectivity index (χ1) is 12.6. The molecule has 3 aromatic rings. The van der Waals surface area contributed by atoms with Crippen molar-refractivity contribution in [3.05, 3.63) is 83.6 Å². The maximum atomic E-state index is 2.57. The fourth-order valence-corrected chi connectivity index (χ4v) is 5.27. The SMILES string of the molecule is CC(C)C1C=CC(c2ccccc2)(C2CC2)c2c1n(C)c1ccccc21. The van der Waals surface area contributed by atoms with E-state index in [9.17, 15) is 0 Å². The first kappa shape index (κ1) is 15.9. The van der Waals surface area contributed by atoms with Gasteiger partial charge in [0.25, 0.3) is 0 Å². The van der Waals surface area contributed by atoms with Crippen LogP contribution in [0, 0.1) is 11.8 Å². The molecular weight excluding hydrogens is 314 g/mol. The van der Waals surface area contributed by atoms with Gasteiger partial charge >= 0.3 is 0 Å². The largest absolute Gasteiger partial charge is 0.347 e. The molecule has 1 heteroatoms. The van der Waals surface area contributed by atoms with Crippen LogP contribution in [0.15, 0.2) is 66.7 Å². The summed E-state index contributed by atoms with van der Waals surface area (Å²) in [7, 11) is 2.26. The predicted octanol–water partition coefficient (Wildman–Crippen LogP) is 6.18. The molecule has 2 aliphatic carbocycles. The van der Waals surface area contributed by atoms with E-state index in [1.54, 1.807) is 5.56 Å². The maximum absolute atomic E-state index is 2.57. The molecule has 132 valence electrons. The number of hydrogen-bond acceptors (Lipinski definition) is 0. The maximum Gasteiger partial charge on any atom is 0.0483 e. The van der Waals surface area contributed by atoms with Crippen LogP contribution in [0.3, 0.4) is 0 Å². The molecule has 0 aliphatic heterocycles. The van der Waals surface area contributed by atoms with Gasteiger partial charge in [0.15, 0.2) is 0 Å². The number of benzene rings is 2. The number of para-hydroxylation sites is 1. The lowest BCUT2D eigenvalue weighted by Gasteiger charge is -2.39. The Bertz CT molecular complexity index is 988. The van der Waals surface area contributed by atoms with Crippen molar-refractivity contribution in [2.45, 2.75) is 38.0 Å². The Morgan fingerprint density at radius 2 is 1.65 bits per heavy atom. The second-order valence-corrected chi connectivity index (χ2v) is 8.47. The highest BCUT2D eigenvalue weighted by Crippen LogP contribution is 2.58. The van der Waals surface area contributed by atoms with Gasteiger partial charge in [0.2, 0.25) is 0 Å². The molecule has 2 aromatic carbocycles. The van der Waals surface area contributed by atoms with Crippen molar-refractivity contribution in [2.75, 3.05) is 0 Å². The van der Waals surface area contributed by atoms with Crippen molar-refractivity contribution < 1.29 is 0 Å². The Morgan fingerprint density at radius 1 is 0.962 bits per heavy atom. The van der Waals surface area contributed by atoms with Crippen LogP contribution in [-0.2, 0) is 12.5 Å². The molecule has 1 saturated carbocycles. The second-order valence-electron chi connectivity index (χ2n) is 8.47. The number of hydrogen-bond donors (Lipinski definition) is 0. The van der Waals surface area contributed by atoms with Gasteiger partial charge in [-0.15, -0.1) is 0 Å². The van der Waals surface area contributed by atoms with Crippen molar-refractivity contribution in [1.29, 1.82) is 0 Å². The highest BCUT2D eigenvalue weighted by Gasteiger charge is 2.51. The highest BCUT2D eigenvalue weighted by atomic mass is 15.0. The molecule has 0 amide bonds. The molecule has 2 aliphatic rings. The van der Waals surface area contributed by atoms with Crippen molar-refractivity contribution >= 4 is 10.9 Å². The van der Waals surface area contributed by atoms with Crippen molar-refractivity contribution in [3.8, 4) is 0 Å². The molecule has 1 heterocycles. The van der Waals surface area contributed by atoms with Gasteiger partial charge in [-0.05, 0) is 41.9 Å². The minimum absolute atomic E-state index is 0.0306. The van der Waals surface area contributed by atoms with E-state index in [0.29, 0.717) is 11.8 Å². The highest BCUT2D eigenvalue weighted by molar-refractivity contribution is 5.89. The second kappa shape index (κ2) is 5.61. The molecule has 5 rings (SSSR count). The Morgan fingerprint density at radius 3 is 2.35 bits per heavy atom. The summed E-state index contributed by atoms with van der Waals surface area (Å²) in [6, 6.07) is 20.2. The molecule has 26 heavy (non-hydrogen) atoms. The van der Waals surface area contributed by atoms with Crippen molar-refractivity contribution in [3.63, 3.8) is 0 Å². The van der Waals surface area contributed by atoms with E-state index in [4.69, 9.17) is 0 Å². The molecule has 0 spiro atoms. The summed E-state index contributed by atoms with van der Waals surface area (Å²) < 4.78 is 2.47. The van der Waals surface area contributed by atoms with Gasteiger partial charge in [-0.25, -0.2) is 0 Å². The predicted molar refractivity (Wildman–Crippen MR) is 110 cm³/mol. The zero-order valence-electron chi connectivity index (χ0n) is 15.9. The Hall–Kier alpha value is -2.28. The summed E-state index contributed by atoms with van der Waals surface area (Å²) in [6.07, 6.45) is 7.74. The van der Waals surface area contributed by atoms with Crippen LogP contribution in [-0.4, -0.2) is 4.57 Å². The lowest BCUT2D eigenvalue weighted by molar-refractivity contribution is 0.484. The third kappa shape index (κ3) is 2.03. The van der Waals surface area contributed by atoms with E-state index in [1.165, 1.54) is 35.0 Å². The van der Waals surface area contributed by atoms with Gasteiger partial charge in [-0.2, -0.15) is 0 Å². The Balaban J connectivity index is 1.91. The van der Waals surface area contributed by atoms with Crippen LogP contribution in [0.5, 0.6) is 0 Å². The topological polar surface area (TPSA) is 4.93 Å². The van der Waals surface area contributed by atoms with Gasteiger partial charge in [-0.1, -0.05) is 74.5 Å². The molecule has 0 saturated heterocycles. The van der Waals surface area contributed by atoms with Crippen LogP contribution < -0.4 is 0 Å². The van der Waals surface area contributed by atoms with E-state index in [0.717, 1.165) is 5.92 Å². The smallest absolute Gasteiger partial charge is 0.0483 e. The minimum atomic E-state index is 0.0306. The van der Waals surface area contributed by atoms with Crippen LogP contribution in [0.2, 0.25) is 0 Å². The Labute approximate surface area is 156 Å². The quantitative estimate of drug-likeness (QED) is 0.501. The van der Waals surface area contributed by atoms with Crippen LogP contribution >= 0.6 is 0 Å². The van der Waals surface area contributed by atoms with E-state index >= 15 is 0 Å². The molecular formula is C25H27N. The van der Waals surface area contributed by atoms with Crippen molar-refractivity contribution in [2.24, 2.45) is 18.9 Å². The normalized spacial score (nSPS) is 25.0. The van der Waals surface area contributed by atoms with Gasteiger partial charge in [0.1, 0.15) is 0 Å². The van der Waals surface area contributed by atoms with Gasteiger partial charge in [-0.3, -0.25) is 0 Å². The van der Waals surface area contributed by atoms with E-state index in [1.807, 2.05) is 0 Å². The number of rotatable bonds is 3. The van der Waals surface area contributed by atoms with Crippen LogP contribution in [0.1, 0.15) is 49.4 Å². The summed E-state index contributed by atoms with van der Waals surface area (Å²) >= 11 is 0.